The van der Waals surface area contributed by atoms with Crippen LogP contribution in [0.25, 0.3) is 0 Å². The summed E-state index contributed by atoms with van der Waals surface area (Å²) in [4.78, 5) is 34.9. The molecule has 0 atom stereocenters. The number of ketones is 1. The Morgan fingerprint density at radius 1 is 1.13 bits per heavy atom. The number of nitro groups is 1. The first-order valence-electron chi connectivity index (χ1n) is 9.54. The van der Waals surface area contributed by atoms with Crippen LogP contribution in [0.5, 0.6) is 5.75 Å². The van der Waals surface area contributed by atoms with Gasteiger partial charge in [-0.15, -0.1) is 0 Å². The van der Waals surface area contributed by atoms with Gasteiger partial charge in [0.05, 0.1) is 12.0 Å². The lowest BCUT2D eigenvalue weighted by Gasteiger charge is -2.10. The second kappa shape index (κ2) is 9.57. The predicted octanol–water partition coefficient (Wildman–Crippen LogP) is 4.37. The zero-order valence-corrected chi connectivity index (χ0v) is 18.2. The van der Waals surface area contributed by atoms with E-state index in [1.807, 2.05) is 38.1 Å². The molecule has 31 heavy (non-hydrogen) atoms. The number of methoxy groups -OCH3 is 1. The van der Waals surface area contributed by atoms with Crippen LogP contribution in [0.15, 0.2) is 42.5 Å². The highest BCUT2D eigenvalue weighted by Gasteiger charge is 2.20. The summed E-state index contributed by atoms with van der Waals surface area (Å²) in [5.74, 6) is -0.264. The molecule has 0 spiro atoms. The molecule has 0 bridgehead atoms. The standard InChI is InChI=1S/C22H22N2O6S/c1-14-12-18(15(2)23(14)11-10-16-4-6-17(29-3)7-5-16)19(25)13-30-22(26)20-8-9-21(31-20)24(27)28/h4-9,12H,10-11,13H2,1-3H3. The highest BCUT2D eigenvalue weighted by atomic mass is 32.1. The number of thiophene rings is 1. The Labute approximate surface area is 183 Å². The molecule has 0 radical (unpaired) electrons. The number of Topliss-reactive ketones (excluding diaryl/α,β-unsaturated/α-hetero) is 1. The maximum atomic E-state index is 12.6. The van der Waals surface area contributed by atoms with E-state index in [-0.39, 0.29) is 15.7 Å². The van der Waals surface area contributed by atoms with Crippen molar-refractivity contribution in [3.05, 3.63) is 80.0 Å². The Morgan fingerprint density at radius 2 is 1.84 bits per heavy atom. The lowest BCUT2D eigenvalue weighted by Crippen LogP contribution is -2.14. The van der Waals surface area contributed by atoms with Gasteiger partial charge < -0.3 is 14.0 Å². The van der Waals surface area contributed by atoms with E-state index in [4.69, 9.17) is 9.47 Å². The number of nitrogens with zero attached hydrogens (tertiary/aromatic N) is 2. The van der Waals surface area contributed by atoms with Crippen LogP contribution in [0, 0.1) is 24.0 Å². The number of esters is 1. The summed E-state index contributed by atoms with van der Waals surface area (Å²) in [6.07, 6.45) is 0.792. The molecule has 9 heteroatoms. The molecule has 0 saturated carbocycles. The van der Waals surface area contributed by atoms with Crippen molar-refractivity contribution in [3.8, 4) is 5.75 Å². The molecule has 3 aromatic rings. The summed E-state index contributed by atoms with van der Waals surface area (Å²) >= 11 is 0.716. The minimum atomic E-state index is -0.750. The molecule has 1 aromatic carbocycles. The first kappa shape index (κ1) is 22.2. The van der Waals surface area contributed by atoms with Gasteiger partial charge in [-0.3, -0.25) is 14.9 Å². The maximum absolute atomic E-state index is 12.6. The second-order valence-corrected chi connectivity index (χ2v) is 7.99. The molecule has 0 aliphatic heterocycles. The zero-order chi connectivity index (χ0) is 22.5. The van der Waals surface area contributed by atoms with E-state index in [0.717, 1.165) is 29.1 Å². The normalized spacial score (nSPS) is 10.7. The van der Waals surface area contributed by atoms with Gasteiger partial charge in [0.1, 0.15) is 10.6 Å². The maximum Gasteiger partial charge on any atom is 0.349 e. The Balaban J connectivity index is 1.62. The monoisotopic (exact) mass is 442 g/mol. The molecule has 3 rings (SSSR count). The first-order chi connectivity index (χ1) is 14.8. The number of hydrogen-bond acceptors (Lipinski definition) is 7. The number of aryl methyl sites for hydroxylation is 2. The van der Waals surface area contributed by atoms with Crippen LogP contribution in [0.3, 0.4) is 0 Å². The van der Waals surface area contributed by atoms with Crippen molar-refractivity contribution in [1.29, 1.82) is 0 Å². The van der Waals surface area contributed by atoms with Crippen LogP contribution in [0.2, 0.25) is 0 Å². The Morgan fingerprint density at radius 3 is 2.45 bits per heavy atom. The van der Waals surface area contributed by atoms with Gasteiger partial charge in [0, 0.05) is 29.6 Å². The van der Waals surface area contributed by atoms with Gasteiger partial charge >= 0.3 is 11.0 Å². The van der Waals surface area contributed by atoms with Crippen LogP contribution in [0.1, 0.15) is 37.0 Å². The predicted molar refractivity (Wildman–Crippen MR) is 116 cm³/mol. The van der Waals surface area contributed by atoms with Gasteiger partial charge in [-0.05, 0) is 50.1 Å². The molecule has 0 unspecified atom stereocenters. The fourth-order valence-electron chi connectivity index (χ4n) is 3.28. The summed E-state index contributed by atoms with van der Waals surface area (Å²) in [6.45, 7) is 4.07. The van der Waals surface area contributed by atoms with Gasteiger partial charge in [0.15, 0.2) is 6.61 Å². The van der Waals surface area contributed by atoms with Crippen molar-refractivity contribution in [2.45, 2.75) is 26.8 Å². The van der Waals surface area contributed by atoms with Crippen molar-refractivity contribution >= 4 is 28.1 Å². The Bertz CT molecular complexity index is 1110. The average Bonchev–Trinajstić information content (AvgIpc) is 3.36. The number of carbonyl (C=O) groups excluding carboxylic acids is 2. The largest absolute Gasteiger partial charge is 0.497 e. The molecular formula is C22H22N2O6S. The van der Waals surface area contributed by atoms with Crippen molar-refractivity contribution < 1.29 is 24.0 Å². The SMILES string of the molecule is COc1ccc(CCn2c(C)cc(C(=O)COC(=O)c3ccc([N+](=O)[O-])s3)c2C)cc1. The minimum Gasteiger partial charge on any atom is -0.497 e. The third-order valence-electron chi connectivity index (χ3n) is 4.96. The van der Waals surface area contributed by atoms with Crippen molar-refractivity contribution in [3.63, 3.8) is 0 Å². The Kier molecular flexibility index (Phi) is 6.86. The van der Waals surface area contributed by atoms with Crippen LogP contribution in [0.4, 0.5) is 5.00 Å². The summed E-state index contributed by atoms with van der Waals surface area (Å²) in [7, 11) is 1.63. The van der Waals surface area contributed by atoms with Crippen LogP contribution in [-0.4, -0.2) is 35.0 Å². The number of carbonyl (C=O) groups is 2. The van der Waals surface area contributed by atoms with E-state index < -0.39 is 17.5 Å². The highest BCUT2D eigenvalue weighted by Crippen LogP contribution is 2.25. The van der Waals surface area contributed by atoms with E-state index in [2.05, 4.69) is 4.57 Å². The molecule has 2 aromatic heterocycles. The zero-order valence-electron chi connectivity index (χ0n) is 17.4. The number of benzene rings is 1. The number of ether oxygens (including phenoxy) is 2. The first-order valence-corrected chi connectivity index (χ1v) is 10.4. The molecule has 0 saturated heterocycles. The lowest BCUT2D eigenvalue weighted by molar-refractivity contribution is -0.380. The topological polar surface area (TPSA) is 101 Å². The van der Waals surface area contributed by atoms with Crippen molar-refractivity contribution in [1.82, 2.24) is 4.57 Å². The molecule has 0 fully saturated rings. The molecule has 2 heterocycles. The number of hydrogen-bond donors (Lipinski definition) is 0. The summed E-state index contributed by atoms with van der Waals surface area (Å²) in [5, 5.41) is 10.6. The van der Waals surface area contributed by atoms with E-state index >= 15 is 0 Å². The van der Waals surface area contributed by atoms with E-state index in [1.165, 1.54) is 12.1 Å². The average molecular weight is 442 g/mol. The molecule has 0 amide bonds. The van der Waals surface area contributed by atoms with Gasteiger partial charge in [-0.25, -0.2) is 4.79 Å². The molecule has 0 aliphatic carbocycles. The summed E-state index contributed by atoms with van der Waals surface area (Å²) < 4.78 is 12.3. The smallest absolute Gasteiger partial charge is 0.349 e. The van der Waals surface area contributed by atoms with E-state index in [0.29, 0.717) is 23.4 Å². The van der Waals surface area contributed by atoms with Gasteiger partial charge in [0.25, 0.3) is 0 Å². The molecule has 162 valence electrons. The quantitative estimate of drug-likeness (QED) is 0.211. The summed E-state index contributed by atoms with van der Waals surface area (Å²) in [5.41, 5.74) is 3.39. The lowest BCUT2D eigenvalue weighted by atomic mass is 10.1. The third-order valence-corrected chi connectivity index (χ3v) is 5.98. The van der Waals surface area contributed by atoms with Crippen LogP contribution >= 0.6 is 11.3 Å². The highest BCUT2D eigenvalue weighted by molar-refractivity contribution is 7.17. The number of aromatic nitrogens is 1. The van der Waals surface area contributed by atoms with Gasteiger partial charge in [-0.1, -0.05) is 23.5 Å². The molecule has 8 nitrogen and oxygen atoms in total. The van der Waals surface area contributed by atoms with Crippen LogP contribution < -0.4 is 4.74 Å². The molecule has 0 N–H and O–H groups in total. The van der Waals surface area contributed by atoms with Crippen LogP contribution in [-0.2, 0) is 17.7 Å². The van der Waals surface area contributed by atoms with E-state index in [9.17, 15) is 19.7 Å². The van der Waals surface area contributed by atoms with Crippen molar-refractivity contribution in [2.24, 2.45) is 0 Å². The fraction of sp³-hybridized carbons (Fsp3) is 0.273. The summed E-state index contributed by atoms with van der Waals surface area (Å²) in [6, 6.07) is 12.2. The fourth-order valence-corrected chi connectivity index (χ4v) is 3.99. The molecule has 0 aliphatic rings. The van der Waals surface area contributed by atoms with Gasteiger partial charge in [-0.2, -0.15) is 0 Å². The Hall–Kier alpha value is -3.46. The minimum absolute atomic E-state index is 0.0875. The van der Waals surface area contributed by atoms with E-state index in [1.54, 1.807) is 13.2 Å². The van der Waals surface area contributed by atoms with Gasteiger partial charge in [0.2, 0.25) is 5.78 Å². The second-order valence-electron chi connectivity index (χ2n) is 6.93. The number of rotatable bonds is 9. The van der Waals surface area contributed by atoms with Crippen molar-refractivity contribution in [2.75, 3.05) is 13.7 Å². The molecular weight excluding hydrogens is 420 g/mol. The third kappa shape index (κ3) is 5.18.